The van der Waals surface area contributed by atoms with Crippen LogP contribution in [0.3, 0.4) is 0 Å². The topological polar surface area (TPSA) is 55.8 Å². The average Bonchev–Trinajstić information content (AvgIpc) is 2.48. The van der Waals surface area contributed by atoms with Crippen LogP contribution in [0, 0.1) is 5.92 Å². The molecule has 1 unspecified atom stereocenters. The molecule has 1 atom stereocenters. The summed E-state index contributed by atoms with van der Waals surface area (Å²) in [4.78, 5) is 24.7. The highest BCUT2D eigenvalue weighted by Crippen LogP contribution is 2.28. The maximum Gasteiger partial charge on any atom is 0.293 e. The second-order valence-electron chi connectivity index (χ2n) is 5.40. The summed E-state index contributed by atoms with van der Waals surface area (Å²) in [5, 5.41) is 0. The molecule has 108 valence electrons. The van der Waals surface area contributed by atoms with Gasteiger partial charge in [-0.2, -0.15) is 0 Å². The van der Waals surface area contributed by atoms with Crippen molar-refractivity contribution < 1.29 is 19.1 Å². The van der Waals surface area contributed by atoms with Crippen LogP contribution in [0.5, 0.6) is 0 Å². The van der Waals surface area contributed by atoms with Gasteiger partial charge in [-0.3, -0.25) is 9.59 Å². The average molecular weight is 269 g/mol. The minimum atomic E-state index is -0.598. The summed E-state index contributed by atoms with van der Waals surface area (Å²) in [5.74, 6) is 0.463. The van der Waals surface area contributed by atoms with Crippen LogP contribution in [0.15, 0.2) is 0 Å². The molecule has 0 radical (unpaired) electrons. The van der Waals surface area contributed by atoms with E-state index in [2.05, 4.69) is 0 Å². The quantitative estimate of drug-likeness (QED) is 0.707. The van der Waals surface area contributed by atoms with Crippen LogP contribution in [0.1, 0.15) is 38.5 Å². The lowest BCUT2D eigenvalue weighted by molar-refractivity contribution is -0.155. The van der Waals surface area contributed by atoms with Gasteiger partial charge in [0, 0.05) is 13.1 Å². The van der Waals surface area contributed by atoms with Crippen LogP contribution in [0.25, 0.3) is 0 Å². The number of ether oxygens (including phenoxy) is 2. The van der Waals surface area contributed by atoms with Gasteiger partial charge in [-0.25, -0.2) is 0 Å². The highest BCUT2D eigenvalue weighted by atomic mass is 16.5. The van der Waals surface area contributed by atoms with Gasteiger partial charge in [-0.05, 0) is 12.3 Å². The molecule has 0 N–H and O–H groups in total. The Morgan fingerprint density at radius 1 is 1.26 bits per heavy atom. The molecule has 1 amide bonds. The number of hydrogen-bond acceptors (Lipinski definition) is 4. The minimum absolute atomic E-state index is 0.0547. The van der Waals surface area contributed by atoms with Crippen molar-refractivity contribution in [1.29, 1.82) is 0 Å². The Kier molecular flexibility index (Phi) is 5.63. The predicted molar refractivity (Wildman–Crippen MR) is 69.5 cm³/mol. The lowest BCUT2D eigenvalue weighted by Crippen LogP contribution is -2.47. The van der Waals surface area contributed by atoms with E-state index < -0.39 is 6.10 Å². The number of carbonyl (C=O) groups excluding carboxylic acids is 2. The molecule has 0 aromatic carbocycles. The first-order valence-electron chi connectivity index (χ1n) is 7.27. The van der Waals surface area contributed by atoms with Gasteiger partial charge < -0.3 is 14.4 Å². The first kappa shape index (κ1) is 14.3. The molecule has 1 saturated carbocycles. The summed E-state index contributed by atoms with van der Waals surface area (Å²) in [5.41, 5.74) is 0. The SMILES string of the molecule is O=COC(CC1CCCCC1)C(=O)N1CCOCC1. The fraction of sp³-hybridized carbons (Fsp3) is 0.857. The summed E-state index contributed by atoms with van der Waals surface area (Å²) in [6.07, 6.45) is 6.11. The number of hydrogen-bond donors (Lipinski definition) is 0. The van der Waals surface area contributed by atoms with E-state index >= 15 is 0 Å². The van der Waals surface area contributed by atoms with Crippen LogP contribution in [-0.2, 0) is 19.1 Å². The first-order valence-corrected chi connectivity index (χ1v) is 7.27. The zero-order valence-electron chi connectivity index (χ0n) is 11.4. The van der Waals surface area contributed by atoms with Crippen molar-refractivity contribution in [3.63, 3.8) is 0 Å². The molecule has 0 bridgehead atoms. The van der Waals surface area contributed by atoms with Crippen LogP contribution < -0.4 is 0 Å². The predicted octanol–water partition coefficient (Wildman–Crippen LogP) is 1.36. The summed E-state index contributed by atoms with van der Waals surface area (Å²) < 4.78 is 10.3. The molecule has 0 aromatic heterocycles. The number of carbonyl (C=O) groups is 2. The monoisotopic (exact) mass is 269 g/mol. The number of amides is 1. The standard InChI is InChI=1S/C14H23NO4/c16-11-19-13(10-12-4-2-1-3-5-12)14(17)15-6-8-18-9-7-15/h11-13H,1-10H2. The Morgan fingerprint density at radius 3 is 2.58 bits per heavy atom. The normalized spacial score (nSPS) is 22.8. The Balaban J connectivity index is 1.89. The Morgan fingerprint density at radius 2 is 1.95 bits per heavy atom. The molecular formula is C14H23NO4. The van der Waals surface area contributed by atoms with Crippen molar-refractivity contribution in [2.24, 2.45) is 5.92 Å². The molecule has 2 rings (SSSR count). The van der Waals surface area contributed by atoms with Gasteiger partial charge >= 0.3 is 0 Å². The van der Waals surface area contributed by atoms with Gasteiger partial charge in [0.1, 0.15) is 0 Å². The second-order valence-corrected chi connectivity index (χ2v) is 5.40. The van der Waals surface area contributed by atoms with Crippen molar-refractivity contribution in [1.82, 2.24) is 4.90 Å². The third-order valence-electron chi connectivity index (χ3n) is 4.09. The van der Waals surface area contributed by atoms with E-state index in [4.69, 9.17) is 9.47 Å². The van der Waals surface area contributed by atoms with E-state index in [0.717, 1.165) is 12.8 Å². The molecule has 19 heavy (non-hydrogen) atoms. The lowest BCUT2D eigenvalue weighted by atomic mass is 9.85. The van der Waals surface area contributed by atoms with Gasteiger partial charge in [0.15, 0.2) is 6.10 Å². The number of rotatable bonds is 5. The van der Waals surface area contributed by atoms with Gasteiger partial charge in [0.05, 0.1) is 13.2 Å². The summed E-state index contributed by atoms with van der Waals surface area (Å²) in [6.45, 7) is 2.75. The highest BCUT2D eigenvalue weighted by molar-refractivity contribution is 5.82. The van der Waals surface area contributed by atoms with Crippen molar-refractivity contribution in [2.45, 2.75) is 44.6 Å². The maximum atomic E-state index is 12.3. The minimum Gasteiger partial charge on any atom is -0.454 e. The molecule has 5 nitrogen and oxygen atoms in total. The Hall–Kier alpha value is -1.10. The van der Waals surface area contributed by atoms with E-state index in [0.29, 0.717) is 45.1 Å². The molecule has 1 heterocycles. The molecule has 5 heteroatoms. The van der Waals surface area contributed by atoms with Gasteiger partial charge in [-0.1, -0.05) is 32.1 Å². The molecule has 2 fully saturated rings. The summed E-state index contributed by atoms with van der Waals surface area (Å²) >= 11 is 0. The van der Waals surface area contributed by atoms with E-state index in [1.165, 1.54) is 19.3 Å². The molecular weight excluding hydrogens is 246 g/mol. The fourth-order valence-corrected chi connectivity index (χ4v) is 2.99. The third kappa shape index (κ3) is 4.20. The van der Waals surface area contributed by atoms with Gasteiger partial charge in [0.2, 0.25) is 0 Å². The van der Waals surface area contributed by atoms with E-state index in [1.807, 2.05) is 0 Å². The van der Waals surface area contributed by atoms with Crippen molar-refractivity contribution >= 4 is 12.4 Å². The van der Waals surface area contributed by atoms with Gasteiger partial charge in [0.25, 0.3) is 12.4 Å². The Labute approximate surface area is 114 Å². The molecule has 1 aliphatic heterocycles. The maximum absolute atomic E-state index is 12.3. The first-order chi connectivity index (χ1) is 9.31. The lowest BCUT2D eigenvalue weighted by Gasteiger charge is -2.31. The van der Waals surface area contributed by atoms with Crippen molar-refractivity contribution in [3.05, 3.63) is 0 Å². The van der Waals surface area contributed by atoms with Crippen LogP contribution in [0.2, 0.25) is 0 Å². The number of morpholine rings is 1. The van der Waals surface area contributed by atoms with Crippen molar-refractivity contribution in [3.8, 4) is 0 Å². The smallest absolute Gasteiger partial charge is 0.293 e. The number of nitrogens with zero attached hydrogens (tertiary/aromatic N) is 1. The van der Waals surface area contributed by atoms with E-state index in [1.54, 1.807) is 4.90 Å². The fourth-order valence-electron chi connectivity index (χ4n) is 2.99. The molecule has 0 aromatic rings. The molecule has 1 saturated heterocycles. The van der Waals surface area contributed by atoms with E-state index in [-0.39, 0.29) is 5.91 Å². The summed E-state index contributed by atoms with van der Waals surface area (Å²) in [7, 11) is 0. The van der Waals surface area contributed by atoms with E-state index in [9.17, 15) is 9.59 Å². The van der Waals surface area contributed by atoms with Crippen LogP contribution >= 0.6 is 0 Å². The molecule has 2 aliphatic rings. The zero-order valence-corrected chi connectivity index (χ0v) is 11.4. The van der Waals surface area contributed by atoms with Crippen molar-refractivity contribution in [2.75, 3.05) is 26.3 Å². The zero-order chi connectivity index (χ0) is 13.5. The largest absolute Gasteiger partial charge is 0.454 e. The Bertz CT molecular complexity index is 296. The second kappa shape index (κ2) is 7.48. The summed E-state index contributed by atoms with van der Waals surface area (Å²) in [6, 6.07) is 0. The third-order valence-corrected chi connectivity index (χ3v) is 4.09. The molecule has 0 spiro atoms. The highest BCUT2D eigenvalue weighted by Gasteiger charge is 2.30. The van der Waals surface area contributed by atoms with Crippen LogP contribution in [0.4, 0.5) is 0 Å². The van der Waals surface area contributed by atoms with Crippen LogP contribution in [-0.4, -0.2) is 49.7 Å². The molecule has 1 aliphatic carbocycles. The van der Waals surface area contributed by atoms with Gasteiger partial charge in [-0.15, -0.1) is 0 Å².